The van der Waals surface area contributed by atoms with Crippen LogP contribution >= 0.6 is 11.6 Å². The van der Waals surface area contributed by atoms with Crippen LogP contribution in [-0.2, 0) is 6.42 Å². The first-order chi connectivity index (χ1) is 8.95. The molecule has 1 N–H and O–H groups in total. The molecule has 0 radical (unpaired) electrons. The second-order valence-corrected chi connectivity index (χ2v) is 6.01. The number of hydrogen-bond donors (Lipinski definition) is 1. The maximum atomic E-state index is 13.3. The molecule has 19 heavy (non-hydrogen) atoms. The number of halogens is 2. The van der Waals surface area contributed by atoms with Crippen molar-refractivity contribution in [3.05, 3.63) is 34.6 Å². The fourth-order valence-electron chi connectivity index (χ4n) is 2.17. The monoisotopic (exact) mass is 285 g/mol. The van der Waals surface area contributed by atoms with Crippen LogP contribution in [0.4, 0.5) is 4.39 Å². The SMILES string of the molecule is CCCNC(Cc1cc(F)ccc1Cl)C(C)C(C)C. The van der Waals surface area contributed by atoms with Gasteiger partial charge in [0.1, 0.15) is 5.82 Å². The van der Waals surface area contributed by atoms with Crippen LogP contribution in [0, 0.1) is 17.7 Å². The standard InChI is InChI=1S/C16H25ClFN/c1-5-8-19-16(12(4)11(2)3)10-13-9-14(18)6-7-15(13)17/h6-7,9,11-12,16,19H,5,8,10H2,1-4H3. The highest BCUT2D eigenvalue weighted by Crippen LogP contribution is 2.23. The van der Waals surface area contributed by atoms with E-state index in [0.717, 1.165) is 24.9 Å². The minimum absolute atomic E-state index is 0.217. The van der Waals surface area contributed by atoms with E-state index in [4.69, 9.17) is 11.6 Å². The fraction of sp³-hybridized carbons (Fsp3) is 0.625. The molecule has 0 saturated heterocycles. The Hall–Kier alpha value is -0.600. The van der Waals surface area contributed by atoms with Gasteiger partial charge < -0.3 is 5.32 Å². The van der Waals surface area contributed by atoms with Crippen LogP contribution in [0.25, 0.3) is 0 Å². The Morgan fingerprint density at radius 1 is 1.26 bits per heavy atom. The highest BCUT2D eigenvalue weighted by molar-refractivity contribution is 6.31. The molecule has 1 aromatic rings. The van der Waals surface area contributed by atoms with Gasteiger partial charge in [-0.25, -0.2) is 4.39 Å². The summed E-state index contributed by atoms with van der Waals surface area (Å²) >= 11 is 6.16. The first-order valence-corrected chi connectivity index (χ1v) is 7.50. The number of hydrogen-bond acceptors (Lipinski definition) is 1. The lowest BCUT2D eigenvalue weighted by atomic mass is 9.86. The second kappa shape index (κ2) is 7.86. The Labute approximate surface area is 121 Å². The zero-order valence-electron chi connectivity index (χ0n) is 12.3. The summed E-state index contributed by atoms with van der Waals surface area (Å²) in [6.07, 6.45) is 1.87. The summed E-state index contributed by atoms with van der Waals surface area (Å²) in [6.45, 7) is 9.82. The first kappa shape index (κ1) is 16.5. The van der Waals surface area contributed by atoms with E-state index in [9.17, 15) is 4.39 Å². The molecular weight excluding hydrogens is 261 g/mol. The molecule has 0 amide bonds. The Balaban J connectivity index is 2.83. The van der Waals surface area contributed by atoms with Gasteiger partial charge in [0.05, 0.1) is 0 Å². The van der Waals surface area contributed by atoms with Gasteiger partial charge in [-0.2, -0.15) is 0 Å². The molecule has 1 rings (SSSR count). The predicted molar refractivity (Wildman–Crippen MR) is 81.2 cm³/mol. The van der Waals surface area contributed by atoms with Gasteiger partial charge in [0.2, 0.25) is 0 Å². The Bertz CT molecular complexity index is 392. The van der Waals surface area contributed by atoms with Gasteiger partial charge in [-0.3, -0.25) is 0 Å². The first-order valence-electron chi connectivity index (χ1n) is 7.13. The van der Waals surface area contributed by atoms with E-state index in [1.807, 2.05) is 0 Å². The van der Waals surface area contributed by atoms with E-state index in [1.54, 1.807) is 12.1 Å². The van der Waals surface area contributed by atoms with Crippen molar-refractivity contribution in [3.8, 4) is 0 Å². The molecule has 0 heterocycles. The lowest BCUT2D eigenvalue weighted by molar-refractivity contribution is 0.297. The smallest absolute Gasteiger partial charge is 0.123 e. The molecule has 0 aliphatic carbocycles. The molecule has 3 heteroatoms. The van der Waals surface area contributed by atoms with Gasteiger partial charge in [-0.05, 0) is 55.0 Å². The third-order valence-corrected chi connectivity index (χ3v) is 4.16. The third-order valence-electron chi connectivity index (χ3n) is 3.79. The van der Waals surface area contributed by atoms with Gasteiger partial charge in [0, 0.05) is 11.1 Å². The zero-order valence-corrected chi connectivity index (χ0v) is 13.1. The fourth-order valence-corrected chi connectivity index (χ4v) is 2.37. The maximum absolute atomic E-state index is 13.3. The molecule has 0 bridgehead atoms. The van der Waals surface area contributed by atoms with E-state index in [1.165, 1.54) is 6.07 Å². The predicted octanol–water partition coefficient (Wildman–Crippen LogP) is 4.68. The van der Waals surface area contributed by atoms with Crippen molar-refractivity contribution in [2.45, 2.75) is 46.6 Å². The molecule has 0 fully saturated rings. The summed E-state index contributed by atoms with van der Waals surface area (Å²) in [6, 6.07) is 4.94. The molecule has 0 saturated carbocycles. The quantitative estimate of drug-likeness (QED) is 0.767. The minimum atomic E-state index is -0.217. The molecular formula is C16H25ClFN. The van der Waals surface area contributed by atoms with Crippen LogP contribution in [0.1, 0.15) is 39.7 Å². The van der Waals surface area contributed by atoms with Gasteiger partial charge >= 0.3 is 0 Å². The van der Waals surface area contributed by atoms with Crippen LogP contribution in [0.5, 0.6) is 0 Å². The summed E-state index contributed by atoms with van der Waals surface area (Å²) < 4.78 is 13.3. The van der Waals surface area contributed by atoms with E-state index >= 15 is 0 Å². The molecule has 1 nitrogen and oxygen atoms in total. The summed E-state index contributed by atoms with van der Waals surface area (Å²) in [5.41, 5.74) is 0.891. The minimum Gasteiger partial charge on any atom is -0.313 e. The van der Waals surface area contributed by atoms with Crippen molar-refractivity contribution < 1.29 is 4.39 Å². The van der Waals surface area contributed by atoms with E-state index in [-0.39, 0.29) is 5.82 Å². The average molecular weight is 286 g/mol. The lowest BCUT2D eigenvalue weighted by Gasteiger charge is -2.28. The van der Waals surface area contributed by atoms with Crippen molar-refractivity contribution in [3.63, 3.8) is 0 Å². The van der Waals surface area contributed by atoms with Crippen molar-refractivity contribution in [2.75, 3.05) is 6.54 Å². The van der Waals surface area contributed by atoms with Gasteiger partial charge in [-0.1, -0.05) is 39.3 Å². The molecule has 0 spiro atoms. The normalized spacial score (nSPS) is 14.7. The lowest BCUT2D eigenvalue weighted by Crippen LogP contribution is -2.39. The number of benzene rings is 1. The largest absolute Gasteiger partial charge is 0.313 e. The molecule has 2 atom stereocenters. The van der Waals surface area contributed by atoms with E-state index < -0.39 is 0 Å². The second-order valence-electron chi connectivity index (χ2n) is 5.60. The highest BCUT2D eigenvalue weighted by atomic mass is 35.5. The van der Waals surface area contributed by atoms with Crippen LogP contribution in [0.3, 0.4) is 0 Å². The summed E-state index contributed by atoms with van der Waals surface area (Å²) in [4.78, 5) is 0. The van der Waals surface area contributed by atoms with Gasteiger partial charge in [-0.15, -0.1) is 0 Å². The molecule has 108 valence electrons. The van der Waals surface area contributed by atoms with Crippen LogP contribution in [-0.4, -0.2) is 12.6 Å². The highest BCUT2D eigenvalue weighted by Gasteiger charge is 2.21. The number of nitrogens with one attached hydrogen (secondary N) is 1. The molecule has 0 aromatic heterocycles. The molecule has 0 aliphatic rings. The maximum Gasteiger partial charge on any atom is 0.123 e. The summed E-state index contributed by atoms with van der Waals surface area (Å²) in [7, 11) is 0. The topological polar surface area (TPSA) is 12.0 Å². The Morgan fingerprint density at radius 3 is 2.53 bits per heavy atom. The van der Waals surface area contributed by atoms with Crippen LogP contribution < -0.4 is 5.32 Å². The Morgan fingerprint density at radius 2 is 1.95 bits per heavy atom. The number of rotatable bonds is 7. The van der Waals surface area contributed by atoms with E-state index in [2.05, 4.69) is 33.0 Å². The molecule has 1 aromatic carbocycles. The molecule has 2 unspecified atom stereocenters. The van der Waals surface area contributed by atoms with Crippen LogP contribution in [0.2, 0.25) is 5.02 Å². The van der Waals surface area contributed by atoms with Crippen molar-refractivity contribution in [1.82, 2.24) is 5.32 Å². The van der Waals surface area contributed by atoms with Gasteiger partial charge in [0.15, 0.2) is 0 Å². The zero-order chi connectivity index (χ0) is 14.4. The van der Waals surface area contributed by atoms with Crippen molar-refractivity contribution in [2.24, 2.45) is 11.8 Å². The van der Waals surface area contributed by atoms with Gasteiger partial charge in [0.25, 0.3) is 0 Å². The van der Waals surface area contributed by atoms with E-state index in [0.29, 0.717) is 22.9 Å². The van der Waals surface area contributed by atoms with Crippen molar-refractivity contribution in [1.29, 1.82) is 0 Å². The molecule has 0 aliphatic heterocycles. The summed E-state index contributed by atoms with van der Waals surface area (Å²) in [5.74, 6) is 0.887. The Kier molecular flexibility index (Phi) is 6.81. The average Bonchev–Trinajstić information content (AvgIpc) is 2.37. The van der Waals surface area contributed by atoms with Crippen molar-refractivity contribution >= 4 is 11.6 Å². The summed E-state index contributed by atoms with van der Waals surface area (Å²) in [5, 5.41) is 4.22. The van der Waals surface area contributed by atoms with Crippen LogP contribution in [0.15, 0.2) is 18.2 Å². The third kappa shape index (κ3) is 5.12.